The molecule has 0 spiro atoms. The van der Waals surface area contributed by atoms with Gasteiger partial charge in [0.25, 0.3) is 10.0 Å². The van der Waals surface area contributed by atoms with Crippen molar-refractivity contribution in [3.05, 3.63) is 88.4 Å². The maximum atomic E-state index is 13.4. The predicted molar refractivity (Wildman–Crippen MR) is 122 cm³/mol. The number of halogens is 7. The number of alkyl halides is 6. The molecule has 1 N–H and O–H groups in total. The molecule has 0 radical (unpaired) electrons. The van der Waals surface area contributed by atoms with Crippen LogP contribution in [0.1, 0.15) is 16.7 Å². The third-order valence-electron chi connectivity index (χ3n) is 4.94. The quantitative estimate of drug-likeness (QED) is 0.355. The number of carbonyl (C=O) groups is 1. The molecule has 13 heteroatoms. The van der Waals surface area contributed by atoms with Crippen LogP contribution in [0.25, 0.3) is 0 Å². The summed E-state index contributed by atoms with van der Waals surface area (Å²) in [6, 6.07) is 11.1. The van der Waals surface area contributed by atoms with Gasteiger partial charge in [-0.25, -0.2) is 8.42 Å². The number of amides is 1. The number of carbonyl (C=O) groups excluding carboxylic acids is 1. The van der Waals surface area contributed by atoms with E-state index in [1.54, 1.807) is 6.92 Å². The molecule has 3 aromatic carbocycles. The van der Waals surface area contributed by atoms with Gasteiger partial charge in [0.1, 0.15) is 6.54 Å². The number of nitrogens with one attached hydrogen (secondary N) is 1. The van der Waals surface area contributed by atoms with E-state index in [2.05, 4.69) is 5.32 Å². The van der Waals surface area contributed by atoms with Crippen LogP contribution < -0.4 is 9.62 Å². The smallest absolute Gasteiger partial charge is 0.325 e. The highest BCUT2D eigenvalue weighted by atomic mass is 35.5. The molecule has 192 valence electrons. The van der Waals surface area contributed by atoms with Gasteiger partial charge < -0.3 is 5.32 Å². The van der Waals surface area contributed by atoms with E-state index in [-0.39, 0.29) is 10.6 Å². The van der Waals surface area contributed by atoms with E-state index in [1.807, 2.05) is 0 Å². The first kappa shape index (κ1) is 27.3. The van der Waals surface area contributed by atoms with Gasteiger partial charge in [-0.2, -0.15) is 26.3 Å². The molecule has 3 rings (SSSR count). The van der Waals surface area contributed by atoms with Gasteiger partial charge in [-0.1, -0.05) is 29.3 Å². The number of anilines is 2. The van der Waals surface area contributed by atoms with E-state index in [0.29, 0.717) is 28.1 Å². The first-order valence-corrected chi connectivity index (χ1v) is 11.8. The fourth-order valence-electron chi connectivity index (χ4n) is 3.11. The molecule has 0 aliphatic carbocycles. The summed E-state index contributed by atoms with van der Waals surface area (Å²) in [6.07, 6.45) is -9.51. The number of nitrogens with zero attached hydrogens (tertiary/aromatic N) is 1. The first-order valence-electron chi connectivity index (χ1n) is 10.0. The van der Waals surface area contributed by atoms with Crippen molar-refractivity contribution < 1.29 is 39.6 Å². The van der Waals surface area contributed by atoms with Crippen LogP contribution in [-0.2, 0) is 27.2 Å². The summed E-state index contributed by atoms with van der Waals surface area (Å²) in [5.74, 6) is -1.01. The Hall–Kier alpha value is -3.25. The average molecular weight is 551 g/mol. The van der Waals surface area contributed by atoms with Crippen molar-refractivity contribution in [3.8, 4) is 0 Å². The molecule has 0 saturated carbocycles. The van der Waals surface area contributed by atoms with Gasteiger partial charge >= 0.3 is 12.4 Å². The van der Waals surface area contributed by atoms with E-state index in [9.17, 15) is 39.6 Å². The van der Waals surface area contributed by atoms with Gasteiger partial charge in [0, 0.05) is 5.69 Å². The maximum Gasteiger partial charge on any atom is 0.417 e. The van der Waals surface area contributed by atoms with Crippen molar-refractivity contribution in [3.63, 3.8) is 0 Å². The minimum absolute atomic E-state index is 0.0761. The minimum Gasteiger partial charge on any atom is -0.325 e. The summed E-state index contributed by atoms with van der Waals surface area (Å²) in [4.78, 5) is 12.4. The fraction of sp³-hybridized carbons (Fsp3) is 0.174. The van der Waals surface area contributed by atoms with Gasteiger partial charge in [-0.05, 0) is 61.5 Å². The molecular weight excluding hydrogens is 534 g/mol. The van der Waals surface area contributed by atoms with Crippen molar-refractivity contribution >= 4 is 38.9 Å². The number of hydrogen-bond donors (Lipinski definition) is 1. The third kappa shape index (κ3) is 6.30. The normalized spacial score (nSPS) is 12.3. The number of benzene rings is 3. The molecule has 0 fully saturated rings. The zero-order valence-electron chi connectivity index (χ0n) is 18.3. The fourth-order valence-corrected chi connectivity index (χ4v) is 4.75. The summed E-state index contributed by atoms with van der Waals surface area (Å²) in [5, 5.41) is 1.58. The van der Waals surface area contributed by atoms with Crippen molar-refractivity contribution in [2.45, 2.75) is 24.2 Å². The van der Waals surface area contributed by atoms with Crippen molar-refractivity contribution in [1.29, 1.82) is 0 Å². The van der Waals surface area contributed by atoms with Crippen molar-refractivity contribution in [2.24, 2.45) is 0 Å². The second-order valence-electron chi connectivity index (χ2n) is 7.61. The molecule has 36 heavy (non-hydrogen) atoms. The Morgan fingerprint density at radius 2 is 1.47 bits per heavy atom. The highest BCUT2D eigenvalue weighted by Crippen LogP contribution is 2.38. The Bertz CT molecular complexity index is 1360. The third-order valence-corrected chi connectivity index (χ3v) is 7.05. The predicted octanol–water partition coefficient (Wildman–Crippen LogP) is 6.52. The molecule has 3 aromatic rings. The lowest BCUT2D eigenvalue weighted by Crippen LogP contribution is -2.38. The lowest BCUT2D eigenvalue weighted by atomic mass is 10.2. The maximum absolute atomic E-state index is 13.4. The molecular formula is C23H17ClF6N2O3S. The second kappa shape index (κ2) is 10.0. The number of sulfonamides is 1. The zero-order chi connectivity index (χ0) is 26.9. The van der Waals surface area contributed by atoms with Gasteiger partial charge in [-0.3, -0.25) is 9.10 Å². The summed E-state index contributed by atoms with van der Waals surface area (Å²) >= 11 is 5.64. The van der Waals surface area contributed by atoms with Gasteiger partial charge in [0.2, 0.25) is 5.91 Å². The Labute approximate surface area is 207 Å². The SMILES string of the molecule is Cc1ccc(S(=O)(=O)N(CC(=O)Nc2ccc(C(F)(F)F)cc2)c2ccc(Cl)c(C(F)(F)F)c2)cc1. The van der Waals surface area contributed by atoms with Crippen LogP contribution in [0.3, 0.4) is 0 Å². The van der Waals surface area contributed by atoms with Crippen LogP contribution in [0.2, 0.25) is 5.02 Å². The summed E-state index contributed by atoms with van der Waals surface area (Å²) in [5.41, 5.74) is -2.13. The van der Waals surface area contributed by atoms with E-state index in [0.717, 1.165) is 24.3 Å². The average Bonchev–Trinajstić information content (AvgIpc) is 2.77. The van der Waals surface area contributed by atoms with Crippen LogP contribution in [0.4, 0.5) is 37.7 Å². The zero-order valence-corrected chi connectivity index (χ0v) is 19.9. The lowest BCUT2D eigenvalue weighted by Gasteiger charge is -2.25. The van der Waals surface area contributed by atoms with Gasteiger partial charge in [0.05, 0.1) is 26.7 Å². The van der Waals surface area contributed by atoms with E-state index >= 15 is 0 Å². The molecule has 0 heterocycles. The molecule has 0 atom stereocenters. The largest absolute Gasteiger partial charge is 0.417 e. The standard InChI is InChI=1S/C23H17ClF6N2O3S/c1-14-2-9-18(10-3-14)36(34,35)32(17-8-11-20(24)19(12-17)23(28,29)30)13-21(33)31-16-6-4-15(5-7-16)22(25,26)27/h2-12H,13H2,1H3,(H,31,33). The minimum atomic E-state index is -4.91. The Morgan fingerprint density at radius 3 is 2.00 bits per heavy atom. The van der Waals surface area contributed by atoms with Crippen LogP contribution in [0.5, 0.6) is 0 Å². The van der Waals surface area contributed by atoms with E-state index in [1.165, 1.54) is 24.3 Å². The molecule has 5 nitrogen and oxygen atoms in total. The first-order chi connectivity index (χ1) is 16.6. The monoisotopic (exact) mass is 550 g/mol. The van der Waals surface area contributed by atoms with Crippen molar-refractivity contribution in [2.75, 3.05) is 16.2 Å². The molecule has 1 amide bonds. The number of hydrogen-bond acceptors (Lipinski definition) is 3. The highest BCUT2D eigenvalue weighted by Gasteiger charge is 2.36. The Morgan fingerprint density at radius 1 is 0.889 bits per heavy atom. The Balaban J connectivity index is 1.99. The lowest BCUT2D eigenvalue weighted by molar-refractivity contribution is -0.138. The van der Waals surface area contributed by atoms with Crippen LogP contribution in [0.15, 0.2) is 71.6 Å². The van der Waals surface area contributed by atoms with Crippen LogP contribution in [0, 0.1) is 6.92 Å². The summed E-state index contributed by atoms with van der Waals surface area (Å²) < 4.78 is 106. The van der Waals surface area contributed by atoms with E-state index < -0.39 is 56.7 Å². The Kier molecular flexibility index (Phi) is 7.61. The molecule has 0 aromatic heterocycles. The highest BCUT2D eigenvalue weighted by molar-refractivity contribution is 7.92. The van der Waals surface area contributed by atoms with Crippen LogP contribution in [-0.4, -0.2) is 20.9 Å². The molecule has 0 aliphatic rings. The number of rotatable bonds is 6. The number of aryl methyl sites for hydroxylation is 1. The molecule has 0 unspecified atom stereocenters. The van der Waals surface area contributed by atoms with E-state index in [4.69, 9.17) is 11.6 Å². The summed E-state index contributed by atoms with van der Waals surface area (Å²) in [6.45, 7) is 0.719. The van der Waals surface area contributed by atoms with Crippen molar-refractivity contribution in [1.82, 2.24) is 0 Å². The van der Waals surface area contributed by atoms with Crippen LogP contribution >= 0.6 is 11.6 Å². The second-order valence-corrected chi connectivity index (χ2v) is 9.88. The molecule has 0 saturated heterocycles. The van der Waals surface area contributed by atoms with Gasteiger partial charge in [-0.15, -0.1) is 0 Å². The van der Waals surface area contributed by atoms with Gasteiger partial charge in [0.15, 0.2) is 0 Å². The molecule has 0 bridgehead atoms. The summed E-state index contributed by atoms with van der Waals surface area (Å²) in [7, 11) is -4.55. The topological polar surface area (TPSA) is 66.5 Å². The molecule has 0 aliphatic heterocycles.